The molecule has 13 heavy (non-hydrogen) atoms. The maximum absolute atomic E-state index is 5.99. The van der Waals surface area contributed by atoms with Crippen LogP contribution in [0.1, 0.15) is 29.8 Å². The molecule has 0 spiro atoms. The Hall–Kier alpha value is -0.150. The van der Waals surface area contributed by atoms with Gasteiger partial charge >= 0.3 is 0 Å². The van der Waals surface area contributed by atoms with Crippen LogP contribution < -0.4 is 0 Å². The van der Waals surface area contributed by atoms with E-state index in [9.17, 15) is 0 Å². The van der Waals surface area contributed by atoms with Crippen LogP contribution in [0.2, 0.25) is 0 Å². The normalized spacial score (nSPS) is 19.8. The van der Waals surface area contributed by atoms with Crippen molar-refractivity contribution in [3.63, 3.8) is 0 Å². The topological polar surface area (TPSA) is 25.8 Å². The Morgan fingerprint density at radius 2 is 2.31 bits per heavy atom. The number of rotatable bonds is 3. The predicted octanol–water partition coefficient (Wildman–Crippen LogP) is 2.80. The van der Waals surface area contributed by atoms with E-state index in [4.69, 9.17) is 11.6 Å². The molecule has 0 N–H and O–H groups in total. The number of alkyl halides is 1. The van der Waals surface area contributed by atoms with Crippen LogP contribution in [-0.4, -0.2) is 15.5 Å². The molecule has 2 rings (SSSR count). The average molecular weight is 217 g/mol. The molecule has 1 aliphatic carbocycles. The maximum atomic E-state index is 5.99. The molecule has 0 aromatic carbocycles. The molecular weight excluding hydrogens is 204 g/mol. The third kappa shape index (κ3) is 1.72. The first-order valence-corrected chi connectivity index (χ1v) is 5.90. The van der Waals surface area contributed by atoms with Crippen LogP contribution in [0.15, 0.2) is 0 Å². The molecule has 1 heterocycles. The van der Waals surface area contributed by atoms with Gasteiger partial charge in [-0.15, -0.1) is 16.7 Å². The Bertz CT molecular complexity index is 288. The molecule has 0 unspecified atom stereocenters. The molecule has 0 bridgehead atoms. The van der Waals surface area contributed by atoms with E-state index in [-0.39, 0.29) is 0 Å². The SMILES string of the molecule is Cc1nnsc1CC1(CCl)CCC1. The van der Waals surface area contributed by atoms with Crippen molar-refractivity contribution in [3.05, 3.63) is 10.6 Å². The van der Waals surface area contributed by atoms with Crippen molar-refractivity contribution in [2.24, 2.45) is 5.41 Å². The van der Waals surface area contributed by atoms with Crippen LogP contribution in [0, 0.1) is 12.3 Å². The van der Waals surface area contributed by atoms with Gasteiger partial charge in [-0.25, -0.2) is 0 Å². The van der Waals surface area contributed by atoms with Crippen molar-refractivity contribution in [1.82, 2.24) is 9.59 Å². The highest BCUT2D eigenvalue weighted by atomic mass is 35.5. The van der Waals surface area contributed by atoms with Gasteiger partial charge in [-0.05, 0) is 43.1 Å². The molecule has 4 heteroatoms. The number of halogens is 1. The van der Waals surface area contributed by atoms with Gasteiger partial charge in [-0.2, -0.15) is 0 Å². The summed E-state index contributed by atoms with van der Waals surface area (Å²) in [7, 11) is 0. The lowest BCUT2D eigenvalue weighted by molar-refractivity contribution is 0.167. The third-order valence-corrected chi connectivity index (χ3v) is 4.37. The van der Waals surface area contributed by atoms with E-state index in [0.29, 0.717) is 5.41 Å². The average Bonchev–Trinajstić information content (AvgIpc) is 2.44. The van der Waals surface area contributed by atoms with E-state index in [1.807, 2.05) is 6.92 Å². The summed E-state index contributed by atoms with van der Waals surface area (Å²) in [6.07, 6.45) is 4.96. The minimum absolute atomic E-state index is 0.376. The lowest BCUT2D eigenvalue weighted by atomic mass is 9.68. The van der Waals surface area contributed by atoms with Crippen LogP contribution in [0.4, 0.5) is 0 Å². The second-order valence-electron chi connectivity index (χ2n) is 3.95. The molecule has 0 atom stereocenters. The monoisotopic (exact) mass is 216 g/mol. The van der Waals surface area contributed by atoms with Gasteiger partial charge in [0.25, 0.3) is 0 Å². The van der Waals surface area contributed by atoms with Crippen molar-refractivity contribution >= 4 is 23.1 Å². The second kappa shape index (κ2) is 3.54. The van der Waals surface area contributed by atoms with Crippen molar-refractivity contribution < 1.29 is 0 Å². The maximum Gasteiger partial charge on any atom is 0.0756 e. The molecule has 1 aromatic heterocycles. The third-order valence-electron chi connectivity index (χ3n) is 2.98. The Labute approximate surface area is 87.5 Å². The van der Waals surface area contributed by atoms with Gasteiger partial charge in [-0.1, -0.05) is 10.9 Å². The number of hydrogen-bond donors (Lipinski definition) is 0. The molecule has 2 nitrogen and oxygen atoms in total. The fourth-order valence-corrected chi connectivity index (χ4v) is 2.96. The number of nitrogens with zero attached hydrogens (tertiary/aromatic N) is 2. The molecule has 1 aromatic rings. The Balaban J connectivity index is 2.08. The van der Waals surface area contributed by atoms with E-state index in [2.05, 4.69) is 9.59 Å². The summed E-state index contributed by atoms with van der Waals surface area (Å²) in [5.41, 5.74) is 1.46. The first-order valence-electron chi connectivity index (χ1n) is 4.60. The number of aromatic nitrogens is 2. The Morgan fingerprint density at radius 1 is 1.54 bits per heavy atom. The lowest BCUT2D eigenvalue weighted by Crippen LogP contribution is -2.33. The molecule has 1 saturated carbocycles. The highest BCUT2D eigenvalue weighted by Crippen LogP contribution is 2.45. The largest absolute Gasteiger partial charge is 0.143 e. The zero-order valence-electron chi connectivity index (χ0n) is 7.72. The summed E-state index contributed by atoms with van der Waals surface area (Å²) < 4.78 is 3.95. The molecular formula is C9H13ClN2S. The van der Waals surface area contributed by atoms with Gasteiger partial charge in [-0.3, -0.25) is 0 Å². The van der Waals surface area contributed by atoms with Crippen molar-refractivity contribution in [3.8, 4) is 0 Å². The predicted molar refractivity (Wildman–Crippen MR) is 55.4 cm³/mol. The van der Waals surface area contributed by atoms with E-state index in [1.165, 1.54) is 35.7 Å². The summed E-state index contributed by atoms with van der Waals surface area (Å²) in [5, 5.41) is 4.02. The summed E-state index contributed by atoms with van der Waals surface area (Å²) in [6.45, 7) is 2.03. The fraction of sp³-hybridized carbons (Fsp3) is 0.778. The summed E-state index contributed by atoms with van der Waals surface area (Å²) in [6, 6.07) is 0. The molecule has 0 saturated heterocycles. The molecule has 0 aliphatic heterocycles. The fourth-order valence-electron chi connectivity index (χ4n) is 1.79. The summed E-state index contributed by atoms with van der Waals surface area (Å²) in [5.74, 6) is 0.782. The summed E-state index contributed by atoms with van der Waals surface area (Å²) in [4.78, 5) is 1.32. The van der Waals surface area contributed by atoms with Crippen LogP contribution in [0.3, 0.4) is 0 Å². The lowest BCUT2D eigenvalue weighted by Gasteiger charge is -2.40. The van der Waals surface area contributed by atoms with Crippen LogP contribution >= 0.6 is 23.1 Å². The van der Waals surface area contributed by atoms with E-state index in [0.717, 1.165) is 18.0 Å². The van der Waals surface area contributed by atoms with E-state index in [1.54, 1.807) is 0 Å². The molecule has 1 fully saturated rings. The van der Waals surface area contributed by atoms with Crippen molar-refractivity contribution in [1.29, 1.82) is 0 Å². The van der Waals surface area contributed by atoms with Gasteiger partial charge in [0.05, 0.1) is 5.69 Å². The van der Waals surface area contributed by atoms with Gasteiger partial charge in [0.1, 0.15) is 0 Å². The van der Waals surface area contributed by atoms with Gasteiger partial charge in [0.15, 0.2) is 0 Å². The standard InChI is InChI=1S/C9H13ClN2S/c1-7-8(13-12-11-7)5-9(6-10)3-2-4-9/h2-6H2,1H3. The smallest absolute Gasteiger partial charge is 0.0756 e. The van der Waals surface area contributed by atoms with Crippen LogP contribution in [-0.2, 0) is 6.42 Å². The zero-order valence-corrected chi connectivity index (χ0v) is 9.29. The van der Waals surface area contributed by atoms with Crippen molar-refractivity contribution in [2.45, 2.75) is 32.6 Å². The van der Waals surface area contributed by atoms with Crippen LogP contribution in [0.5, 0.6) is 0 Å². The molecule has 1 aliphatic rings. The molecule has 0 amide bonds. The first kappa shape index (κ1) is 9.41. The van der Waals surface area contributed by atoms with E-state index < -0.39 is 0 Å². The Kier molecular flexibility index (Phi) is 2.56. The number of hydrogen-bond acceptors (Lipinski definition) is 3. The highest BCUT2D eigenvalue weighted by Gasteiger charge is 2.37. The van der Waals surface area contributed by atoms with Gasteiger partial charge in [0, 0.05) is 10.8 Å². The summed E-state index contributed by atoms with van der Waals surface area (Å²) >= 11 is 7.51. The zero-order chi connectivity index (χ0) is 9.31. The van der Waals surface area contributed by atoms with Crippen molar-refractivity contribution in [2.75, 3.05) is 5.88 Å². The van der Waals surface area contributed by atoms with E-state index >= 15 is 0 Å². The number of aryl methyl sites for hydroxylation is 1. The first-order chi connectivity index (χ1) is 6.26. The van der Waals surface area contributed by atoms with Crippen LogP contribution in [0.25, 0.3) is 0 Å². The van der Waals surface area contributed by atoms with Gasteiger partial charge < -0.3 is 0 Å². The molecule has 0 radical (unpaired) electrons. The Morgan fingerprint density at radius 3 is 2.69 bits per heavy atom. The molecule has 72 valence electrons. The van der Waals surface area contributed by atoms with Gasteiger partial charge in [0.2, 0.25) is 0 Å². The highest BCUT2D eigenvalue weighted by molar-refractivity contribution is 7.05. The minimum atomic E-state index is 0.376. The second-order valence-corrected chi connectivity index (χ2v) is 5.05. The minimum Gasteiger partial charge on any atom is -0.143 e. The quantitative estimate of drug-likeness (QED) is 0.727.